The van der Waals surface area contributed by atoms with Crippen molar-refractivity contribution in [1.29, 1.82) is 0 Å². The summed E-state index contributed by atoms with van der Waals surface area (Å²) in [5.74, 6) is -1.65. The van der Waals surface area contributed by atoms with E-state index in [4.69, 9.17) is 21.4 Å². The van der Waals surface area contributed by atoms with Crippen LogP contribution in [0, 0.1) is 6.92 Å². The molecule has 0 atom stereocenters. The topological polar surface area (TPSA) is 88.9 Å². The molecule has 7 nitrogen and oxygen atoms in total. The number of thiocarbonyl (C=S) groups is 1. The van der Waals surface area contributed by atoms with Gasteiger partial charge in [-0.05, 0) is 73.2 Å². The Morgan fingerprint density at radius 3 is 2.53 bits per heavy atom. The number of amides is 2. The summed E-state index contributed by atoms with van der Waals surface area (Å²) >= 11 is 5.05. The van der Waals surface area contributed by atoms with Crippen molar-refractivity contribution >= 4 is 46.9 Å². The number of methoxy groups -OCH3 is 1. The van der Waals surface area contributed by atoms with Crippen molar-refractivity contribution in [2.24, 2.45) is 0 Å². The van der Waals surface area contributed by atoms with Crippen LogP contribution >= 0.6 is 12.2 Å². The second kappa shape index (κ2) is 9.42. The molecule has 2 aromatic carbocycles. The molecule has 36 heavy (non-hydrogen) atoms. The van der Waals surface area contributed by atoms with Crippen molar-refractivity contribution < 1.29 is 36.7 Å². The number of benzene rings is 2. The molecule has 1 aromatic heterocycles. The van der Waals surface area contributed by atoms with Gasteiger partial charge in [-0.25, -0.2) is 4.79 Å². The van der Waals surface area contributed by atoms with Gasteiger partial charge in [0, 0.05) is 5.56 Å². The zero-order valence-corrected chi connectivity index (χ0v) is 19.6. The summed E-state index contributed by atoms with van der Waals surface area (Å²) in [7, 11) is 1.28. The van der Waals surface area contributed by atoms with E-state index < -0.39 is 29.5 Å². The molecule has 0 radical (unpaired) electrons. The van der Waals surface area contributed by atoms with Gasteiger partial charge in [0.1, 0.15) is 17.1 Å². The molecule has 0 unspecified atom stereocenters. The third-order valence-corrected chi connectivity index (χ3v) is 5.64. The minimum Gasteiger partial charge on any atom is -0.465 e. The predicted octanol–water partition coefficient (Wildman–Crippen LogP) is 4.89. The van der Waals surface area contributed by atoms with E-state index in [0.717, 1.165) is 28.7 Å². The Balaban J connectivity index is 1.66. The van der Waals surface area contributed by atoms with Crippen LogP contribution in [0.5, 0.6) is 0 Å². The number of carbonyl (C=O) groups excluding carboxylic acids is 3. The number of nitrogens with one attached hydrogen (secondary N) is 1. The molecule has 2 heterocycles. The number of carbonyl (C=O) groups is 3. The maximum atomic E-state index is 13.2. The lowest BCUT2D eigenvalue weighted by Crippen LogP contribution is -2.54. The Morgan fingerprint density at radius 2 is 1.86 bits per heavy atom. The van der Waals surface area contributed by atoms with Gasteiger partial charge >= 0.3 is 12.1 Å². The quantitative estimate of drug-likeness (QED) is 0.231. The van der Waals surface area contributed by atoms with Crippen LogP contribution in [0.15, 0.2) is 64.6 Å². The molecule has 11 heteroatoms. The lowest BCUT2D eigenvalue weighted by Gasteiger charge is -2.29. The maximum Gasteiger partial charge on any atom is 0.416 e. The standard InChI is InChI=1S/C25H17F3N2O5S/c1-13-10-14(23(33)34-2)6-8-18(13)20-9-7-17(35-20)12-19-21(31)29-24(36)30(22(19)32)16-5-3-4-15(11-16)25(26,27)28/h3-12H,1-2H3,(H,29,31,36)/b19-12+. The number of esters is 1. The fourth-order valence-electron chi connectivity index (χ4n) is 3.62. The highest BCUT2D eigenvalue weighted by molar-refractivity contribution is 7.80. The monoisotopic (exact) mass is 514 g/mol. The zero-order chi connectivity index (χ0) is 26.2. The van der Waals surface area contributed by atoms with Crippen molar-refractivity contribution in [3.05, 3.63) is 82.6 Å². The highest BCUT2D eigenvalue weighted by atomic mass is 32.1. The number of hydrogen-bond acceptors (Lipinski definition) is 6. The Labute approximate surface area is 208 Å². The summed E-state index contributed by atoms with van der Waals surface area (Å²) in [6, 6.07) is 12.1. The third kappa shape index (κ3) is 4.78. The van der Waals surface area contributed by atoms with Crippen LogP contribution in [-0.4, -0.2) is 30.0 Å². The minimum absolute atomic E-state index is 0.146. The molecule has 0 saturated carbocycles. The second-order valence-electron chi connectivity index (χ2n) is 7.73. The normalized spacial score (nSPS) is 15.3. The lowest BCUT2D eigenvalue weighted by atomic mass is 10.0. The van der Waals surface area contributed by atoms with Crippen LogP contribution in [0.2, 0.25) is 0 Å². The molecule has 1 aliphatic heterocycles. The number of aryl methyl sites for hydroxylation is 1. The first-order valence-electron chi connectivity index (χ1n) is 10.4. The van der Waals surface area contributed by atoms with Crippen molar-refractivity contribution in [2.75, 3.05) is 12.0 Å². The van der Waals surface area contributed by atoms with Crippen molar-refractivity contribution in [2.45, 2.75) is 13.1 Å². The number of nitrogens with zero attached hydrogens (tertiary/aromatic N) is 1. The molecule has 2 amide bonds. The minimum atomic E-state index is -4.63. The van der Waals surface area contributed by atoms with E-state index in [-0.39, 0.29) is 22.1 Å². The maximum absolute atomic E-state index is 13.2. The van der Waals surface area contributed by atoms with Crippen LogP contribution in [-0.2, 0) is 20.5 Å². The predicted molar refractivity (Wildman–Crippen MR) is 128 cm³/mol. The Kier molecular flexibility index (Phi) is 6.51. The molecule has 1 fully saturated rings. The average Bonchev–Trinajstić information content (AvgIpc) is 3.29. The number of alkyl halides is 3. The second-order valence-corrected chi connectivity index (χ2v) is 8.12. The molecule has 3 aromatic rings. The molecule has 0 aliphatic carbocycles. The summed E-state index contributed by atoms with van der Waals surface area (Å²) < 4.78 is 50.0. The van der Waals surface area contributed by atoms with Crippen LogP contribution in [0.4, 0.5) is 18.9 Å². The van der Waals surface area contributed by atoms with Gasteiger partial charge in [0.25, 0.3) is 11.8 Å². The van der Waals surface area contributed by atoms with Crippen LogP contribution in [0.3, 0.4) is 0 Å². The summed E-state index contributed by atoms with van der Waals surface area (Å²) in [4.78, 5) is 38.2. The van der Waals surface area contributed by atoms with E-state index in [2.05, 4.69) is 5.32 Å². The molecule has 1 saturated heterocycles. The largest absolute Gasteiger partial charge is 0.465 e. The van der Waals surface area contributed by atoms with Crippen molar-refractivity contribution in [1.82, 2.24) is 5.32 Å². The van der Waals surface area contributed by atoms with Crippen LogP contribution < -0.4 is 10.2 Å². The summed E-state index contributed by atoms with van der Waals surface area (Å²) in [6.07, 6.45) is -3.45. The Hall–Kier alpha value is -4.25. The number of halogens is 3. The van der Waals surface area contributed by atoms with Crippen LogP contribution in [0.25, 0.3) is 17.4 Å². The first-order chi connectivity index (χ1) is 17.0. The molecule has 1 aliphatic rings. The van der Waals surface area contributed by atoms with Gasteiger partial charge in [-0.2, -0.15) is 13.2 Å². The molecule has 0 spiro atoms. The van der Waals surface area contributed by atoms with Gasteiger partial charge in [0.05, 0.1) is 23.9 Å². The van der Waals surface area contributed by atoms with Gasteiger partial charge < -0.3 is 9.15 Å². The van der Waals surface area contributed by atoms with Gasteiger partial charge in [-0.15, -0.1) is 0 Å². The molecule has 0 bridgehead atoms. The summed E-state index contributed by atoms with van der Waals surface area (Å²) in [5, 5.41) is 1.97. The number of furan rings is 1. The molecule has 184 valence electrons. The first kappa shape index (κ1) is 24.9. The van der Waals surface area contributed by atoms with E-state index in [1.165, 1.54) is 25.3 Å². The SMILES string of the molecule is COC(=O)c1ccc(-c2ccc(/C=C3\C(=O)NC(=S)N(c4cccc(C(F)(F)F)c4)C3=O)o2)c(C)c1. The van der Waals surface area contributed by atoms with Crippen molar-refractivity contribution in [3.63, 3.8) is 0 Å². The third-order valence-electron chi connectivity index (χ3n) is 5.36. The fraction of sp³-hybridized carbons (Fsp3) is 0.120. The van der Waals surface area contributed by atoms with Gasteiger partial charge in [-0.1, -0.05) is 12.1 Å². The van der Waals surface area contributed by atoms with Gasteiger partial charge in [0.2, 0.25) is 0 Å². The smallest absolute Gasteiger partial charge is 0.416 e. The highest BCUT2D eigenvalue weighted by Crippen LogP contribution is 2.33. The van der Waals surface area contributed by atoms with Gasteiger partial charge in [-0.3, -0.25) is 19.8 Å². The average molecular weight is 514 g/mol. The van der Waals surface area contributed by atoms with E-state index in [0.29, 0.717) is 16.9 Å². The van der Waals surface area contributed by atoms with E-state index in [9.17, 15) is 27.6 Å². The Bertz CT molecular complexity index is 1440. The first-order valence-corrected chi connectivity index (χ1v) is 10.8. The fourth-order valence-corrected chi connectivity index (χ4v) is 3.90. The highest BCUT2D eigenvalue weighted by Gasteiger charge is 2.37. The molecular weight excluding hydrogens is 497 g/mol. The molecule has 1 N–H and O–H groups in total. The number of ether oxygens (including phenoxy) is 1. The lowest BCUT2D eigenvalue weighted by molar-refractivity contribution is -0.137. The molecule has 4 rings (SSSR count). The van der Waals surface area contributed by atoms with Crippen LogP contribution in [0.1, 0.15) is 27.2 Å². The van der Waals surface area contributed by atoms with E-state index >= 15 is 0 Å². The number of hydrogen-bond donors (Lipinski definition) is 1. The van der Waals surface area contributed by atoms with Gasteiger partial charge in [0.15, 0.2) is 5.11 Å². The van der Waals surface area contributed by atoms with Crippen molar-refractivity contribution in [3.8, 4) is 11.3 Å². The van der Waals surface area contributed by atoms with E-state index in [1.807, 2.05) is 0 Å². The summed E-state index contributed by atoms with van der Waals surface area (Å²) in [5.41, 5.74) is 0.259. The number of anilines is 1. The number of rotatable bonds is 4. The van der Waals surface area contributed by atoms with E-state index in [1.54, 1.807) is 31.2 Å². The zero-order valence-electron chi connectivity index (χ0n) is 18.8. The molecular formula is C25H17F3N2O5S. The summed E-state index contributed by atoms with van der Waals surface area (Å²) in [6.45, 7) is 1.77. The Morgan fingerprint density at radius 1 is 1.11 bits per heavy atom.